The van der Waals surface area contributed by atoms with Gasteiger partial charge in [-0.1, -0.05) is 31.5 Å². The van der Waals surface area contributed by atoms with Crippen LogP contribution in [0.3, 0.4) is 0 Å². The fourth-order valence-corrected chi connectivity index (χ4v) is 2.21. The lowest BCUT2D eigenvalue weighted by Gasteiger charge is -2.22. The van der Waals surface area contributed by atoms with Crippen molar-refractivity contribution < 1.29 is 4.74 Å². The Kier molecular flexibility index (Phi) is 2.93. The smallest absolute Gasteiger partial charge is 0.151 e. The van der Waals surface area contributed by atoms with Crippen LogP contribution in [0.15, 0.2) is 42.5 Å². The average Bonchev–Trinajstić information content (AvgIpc) is 2.42. The quantitative estimate of drug-likeness (QED) is 0.703. The van der Waals surface area contributed by atoms with Crippen molar-refractivity contribution in [1.29, 1.82) is 0 Å². The summed E-state index contributed by atoms with van der Waals surface area (Å²) in [6.45, 7) is 2.21. The number of rotatable bonds is 3. The second-order valence-corrected chi connectivity index (χ2v) is 4.66. The molecular weight excluding hydrogens is 222 g/mol. The minimum Gasteiger partial charge on any atom is -0.453 e. The molecule has 0 aliphatic carbocycles. The highest BCUT2D eigenvalue weighted by molar-refractivity contribution is 5.75. The molecule has 0 saturated carbocycles. The molecular formula is C16H17NO. The van der Waals surface area contributed by atoms with Crippen molar-refractivity contribution in [3.8, 4) is 11.5 Å². The second kappa shape index (κ2) is 4.73. The van der Waals surface area contributed by atoms with Gasteiger partial charge in [0.1, 0.15) is 0 Å². The summed E-state index contributed by atoms with van der Waals surface area (Å²) in [4.78, 5) is 0. The molecule has 0 unspecified atom stereocenters. The van der Waals surface area contributed by atoms with Crippen molar-refractivity contribution in [3.63, 3.8) is 0 Å². The van der Waals surface area contributed by atoms with E-state index in [4.69, 9.17) is 4.74 Å². The third-order valence-corrected chi connectivity index (χ3v) is 3.24. The summed E-state index contributed by atoms with van der Waals surface area (Å²) < 4.78 is 5.94. The fraction of sp³-hybridized carbons (Fsp3) is 0.250. The summed E-state index contributed by atoms with van der Waals surface area (Å²) in [7, 11) is 0. The van der Waals surface area contributed by atoms with Crippen molar-refractivity contribution in [3.05, 3.63) is 48.0 Å². The third kappa shape index (κ3) is 2.06. The lowest BCUT2D eigenvalue weighted by Crippen LogP contribution is -2.03. The van der Waals surface area contributed by atoms with Crippen LogP contribution in [-0.2, 0) is 6.42 Å². The first kappa shape index (κ1) is 11.1. The molecule has 0 amide bonds. The number of aryl methyl sites for hydroxylation is 1. The van der Waals surface area contributed by atoms with Crippen LogP contribution < -0.4 is 10.1 Å². The van der Waals surface area contributed by atoms with Gasteiger partial charge in [-0.25, -0.2) is 0 Å². The number of unbranched alkanes of at least 4 members (excludes halogenated alkanes) is 1. The van der Waals surface area contributed by atoms with E-state index in [1.165, 1.54) is 18.4 Å². The van der Waals surface area contributed by atoms with Crippen molar-refractivity contribution in [1.82, 2.24) is 0 Å². The first-order chi connectivity index (χ1) is 8.86. The van der Waals surface area contributed by atoms with E-state index in [-0.39, 0.29) is 0 Å². The molecule has 1 aliphatic rings. The van der Waals surface area contributed by atoms with Gasteiger partial charge in [0, 0.05) is 0 Å². The summed E-state index contributed by atoms with van der Waals surface area (Å²) in [6, 6.07) is 14.5. The lowest BCUT2D eigenvalue weighted by atomic mass is 10.1. The van der Waals surface area contributed by atoms with Crippen molar-refractivity contribution in [2.75, 3.05) is 5.32 Å². The number of fused-ring (bicyclic) bond motifs is 2. The maximum atomic E-state index is 5.94. The highest BCUT2D eigenvalue weighted by atomic mass is 16.5. The van der Waals surface area contributed by atoms with E-state index in [1.54, 1.807) is 0 Å². The SMILES string of the molecule is CCCCc1ccc2c(c1)Oc1ccccc1N2. The normalized spacial score (nSPS) is 12.1. The molecule has 2 aromatic rings. The van der Waals surface area contributed by atoms with E-state index in [2.05, 4.69) is 30.4 Å². The Hall–Kier alpha value is -1.96. The molecule has 18 heavy (non-hydrogen) atoms. The van der Waals surface area contributed by atoms with Crippen LogP contribution in [0.5, 0.6) is 11.5 Å². The zero-order valence-electron chi connectivity index (χ0n) is 10.6. The Labute approximate surface area is 108 Å². The minimum atomic E-state index is 0.901. The fourth-order valence-electron chi connectivity index (χ4n) is 2.21. The van der Waals surface area contributed by atoms with Gasteiger partial charge in [0.25, 0.3) is 0 Å². The molecule has 3 rings (SSSR count). The molecule has 2 nitrogen and oxygen atoms in total. The van der Waals surface area contributed by atoms with Crippen LogP contribution in [-0.4, -0.2) is 0 Å². The minimum absolute atomic E-state index is 0.901. The van der Waals surface area contributed by atoms with Crippen molar-refractivity contribution in [2.45, 2.75) is 26.2 Å². The van der Waals surface area contributed by atoms with Crippen LogP contribution in [0, 0.1) is 0 Å². The molecule has 0 spiro atoms. The average molecular weight is 239 g/mol. The zero-order valence-corrected chi connectivity index (χ0v) is 10.6. The zero-order chi connectivity index (χ0) is 12.4. The van der Waals surface area contributed by atoms with Crippen LogP contribution in [0.2, 0.25) is 0 Å². The van der Waals surface area contributed by atoms with E-state index in [9.17, 15) is 0 Å². The number of para-hydroxylation sites is 2. The number of hydrogen-bond acceptors (Lipinski definition) is 2. The summed E-state index contributed by atoms with van der Waals surface area (Å²) >= 11 is 0. The van der Waals surface area contributed by atoms with Gasteiger partial charge >= 0.3 is 0 Å². The van der Waals surface area contributed by atoms with E-state index < -0.39 is 0 Å². The highest BCUT2D eigenvalue weighted by Gasteiger charge is 2.15. The van der Waals surface area contributed by atoms with E-state index in [0.717, 1.165) is 29.3 Å². The number of benzene rings is 2. The molecule has 2 heteroatoms. The molecule has 0 bridgehead atoms. The monoisotopic (exact) mass is 239 g/mol. The van der Waals surface area contributed by atoms with Gasteiger partial charge in [0.2, 0.25) is 0 Å². The van der Waals surface area contributed by atoms with Gasteiger partial charge in [0.15, 0.2) is 11.5 Å². The number of nitrogens with one attached hydrogen (secondary N) is 1. The van der Waals surface area contributed by atoms with Crippen molar-refractivity contribution in [2.24, 2.45) is 0 Å². The number of anilines is 2. The third-order valence-electron chi connectivity index (χ3n) is 3.24. The van der Waals surface area contributed by atoms with Crippen LogP contribution in [0.25, 0.3) is 0 Å². The van der Waals surface area contributed by atoms with E-state index in [0.29, 0.717) is 0 Å². The number of hydrogen-bond donors (Lipinski definition) is 1. The lowest BCUT2D eigenvalue weighted by molar-refractivity contribution is 0.480. The molecule has 1 heterocycles. The van der Waals surface area contributed by atoms with Crippen LogP contribution in [0.1, 0.15) is 25.3 Å². The topological polar surface area (TPSA) is 21.3 Å². The Morgan fingerprint density at radius 2 is 1.83 bits per heavy atom. The molecule has 0 fully saturated rings. The molecule has 0 aromatic heterocycles. The first-order valence-corrected chi connectivity index (χ1v) is 6.53. The maximum absolute atomic E-state index is 5.94. The summed E-state index contributed by atoms with van der Waals surface area (Å²) in [5.41, 5.74) is 3.43. The highest BCUT2D eigenvalue weighted by Crippen LogP contribution is 2.41. The Bertz CT molecular complexity index is 563. The van der Waals surface area contributed by atoms with Gasteiger partial charge < -0.3 is 10.1 Å². The van der Waals surface area contributed by atoms with Gasteiger partial charge in [-0.2, -0.15) is 0 Å². The predicted molar refractivity (Wildman–Crippen MR) is 74.9 cm³/mol. The van der Waals surface area contributed by atoms with Gasteiger partial charge in [-0.15, -0.1) is 0 Å². The Morgan fingerprint density at radius 1 is 1.00 bits per heavy atom. The van der Waals surface area contributed by atoms with Gasteiger partial charge in [-0.3, -0.25) is 0 Å². The Balaban J connectivity index is 1.89. The molecule has 92 valence electrons. The van der Waals surface area contributed by atoms with Crippen molar-refractivity contribution >= 4 is 11.4 Å². The molecule has 0 saturated heterocycles. The van der Waals surface area contributed by atoms with Gasteiger partial charge in [-0.05, 0) is 42.7 Å². The largest absolute Gasteiger partial charge is 0.453 e. The molecule has 1 N–H and O–H groups in total. The summed E-state index contributed by atoms with van der Waals surface area (Å²) in [5, 5.41) is 3.40. The summed E-state index contributed by atoms with van der Waals surface area (Å²) in [6.07, 6.45) is 3.57. The Morgan fingerprint density at radius 3 is 2.72 bits per heavy atom. The molecule has 2 aromatic carbocycles. The second-order valence-electron chi connectivity index (χ2n) is 4.66. The van der Waals surface area contributed by atoms with Crippen LogP contribution in [0.4, 0.5) is 11.4 Å². The van der Waals surface area contributed by atoms with Gasteiger partial charge in [0.05, 0.1) is 11.4 Å². The molecule has 0 atom stereocenters. The van der Waals surface area contributed by atoms with E-state index in [1.807, 2.05) is 24.3 Å². The van der Waals surface area contributed by atoms with Crippen LogP contribution >= 0.6 is 0 Å². The maximum Gasteiger partial charge on any atom is 0.151 e. The first-order valence-electron chi connectivity index (χ1n) is 6.53. The molecule has 1 aliphatic heterocycles. The van der Waals surface area contributed by atoms with E-state index >= 15 is 0 Å². The predicted octanol–water partition coefficient (Wildman–Crippen LogP) is 4.88. The standard InChI is InChI=1S/C16H17NO/c1-2-3-6-12-9-10-14-16(11-12)18-15-8-5-4-7-13(15)17-14/h4-5,7-11,17H,2-3,6H2,1H3. The molecule has 0 radical (unpaired) electrons. The summed E-state index contributed by atoms with van der Waals surface area (Å²) in [5.74, 6) is 1.83. The number of ether oxygens (including phenoxy) is 1.